The van der Waals surface area contributed by atoms with Gasteiger partial charge in [0.05, 0.1) is 5.71 Å². The van der Waals surface area contributed by atoms with Crippen molar-refractivity contribution in [2.75, 3.05) is 26.9 Å². The molecule has 0 aliphatic heterocycles. The zero-order chi connectivity index (χ0) is 15.1. The molecule has 114 valence electrons. The number of aryl methyl sites for hydroxylation is 1. The van der Waals surface area contributed by atoms with Gasteiger partial charge in [0.1, 0.15) is 5.75 Å². The third kappa shape index (κ3) is 4.19. The minimum Gasteiger partial charge on any atom is -0.484 e. The first-order valence-corrected chi connectivity index (χ1v) is 6.97. The monoisotopic (exact) mass is 292 g/mol. The molecule has 21 heavy (non-hydrogen) atoms. The molecular weight excluding hydrogens is 272 g/mol. The first kappa shape index (κ1) is 15.3. The second-order valence-electron chi connectivity index (χ2n) is 4.85. The highest BCUT2D eigenvalue weighted by Gasteiger charge is 2.18. The zero-order valence-corrected chi connectivity index (χ0v) is 12.1. The number of amides is 1. The molecule has 0 bridgehead atoms. The Bertz CT molecular complexity index is 528. The summed E-state index contributed by atoms with van der Waals surface area (Å²) in [4.78, 5) is 11.6. The van der Waals surface area contributed by atoms with Gasteiger partial charge in [0.25, 0.3) is 5.91 Å². The fraction of sp³-hybridized carbons (Fsp3) is 0.467. The molecule has 1 aromatic rings. The lowest BCUT2D eigenvalue weighted by Crippen LogP contribution is -2.30. The van der Waals surface area contributed by atoms with Crippen molar-refractivity contribution in [1.29, 1.82) is 0 Å². The molecule has 1 aromatic carbocycles. The van der Waals surface area contributed by atoms with Gasteiger partial charge in [0, 0.05) is 25.8 Å². The molecule has 0 aromatic heterocycles. The van der Waals surface area contributed by atoms with Crippen LogP contribution in [-0.4, -0.2) is 43.7 Å². The van der Waals surface area contributed by atoms with Gasteiger partial charge in [-0.05, 0) is 43.0 Å². The first-order chi connectivity index (χ1) is 10.2. The highest BCUT2D eigenvalue weighted by molar-refractivity contribution is 6.04. The van der Waals surface area contributed by atoms with Crippen LogP contribution in [0.2, 0.25) is 0 Å². The van der Waals surface area contributed by atoms with Gasteiger partial charge in [-0.3, -0.25) is 4.79 Å². The lowest BCUT2D eigenvalue weighted by atomic mass is 10.1. The van der Waals surface area contributed by atoms with Crippen LogP contribution in [0.1, 0.15) is 24.0 Å². The number of rotatable bonds is 7. The number of fused-ring (bicyclic) bond motifs is 1. The SMILES string of the molecule is COCCCNC(=O)COc1ccc2c(c1)CC/C2=N\O. The predicted molar refractivity (Wildman–Crippen MR) is 78.1 cm³/mol. The molecule has 0 saturated carbocycles. The van der Waals surface area contributed by atoms with Crippen LogP contribution < -0.4 is 10.1 Å². The van der Waals surface area contributed by atoms with E-state index in [1.807, 2.05) is 12.1 Å². The van der Waals surface area contributed by atoms with Gasteiger partial charge in [-0.1, -0.05) is 5.16 Å². The molecule has 2 N–H and O–H groups in total. The van der Waals surface area contributed by atoms with E-state index in [1.54, 1.807) is 13.2 Å². The van der Waals surface area contributed by atoms with E-state index in [0.717, 1.165) is 30.4 Å². The second-order valence-corrected chi connectivity index (χ2v) is 4.85. The third-order valence-corrected chi connectivity index (χ3v) is 3.36. The van der Waals surface area contributed by atoms with Crippen molar-refractivity contribution in [1.82, 2.24) is 5.32 Å². The molecule has 6 heteroatoms. The van der Waals surface area contributed by atoms with Gasteiger partial charge < -0.3 is 20.0 Å². The summed E-state index contributed by atoms with van der Waals surface area (Å²) in [6.45, 7) is 1.20. The molecule has 0 atom stereocenters. The molecule has 0 radical (unpaired) electrons. The number of hydrogen-bond acceptors (Lipinski definition) is 5. The number of ether oxygens (including phenoxy) is 2. The summed E-state index contributed by atoms with van der Waals surface area (Å²) in [7, 11) is 1.63. The second kappa shape index (κ2) is 7.64. The molecule has 0 fully saturated rings. The average molecular weight is 292 g/mol. The van der Waals surface area contributed by atoms with Crippen molar-refractivity contribution in [3.63, 3.8) is 0 Å². The highest BCUT2D eigenvalue weighted by Crippen LogP contribution is 2.26. The predicted octanol–water partition coefficient (Wildman–Crippen LogP) is 1.34. The Labute approximate surface area is 123 Å². The van der Waals surface area contributed by atoms with Gasteiger partial charge in [-0.15, -0.1) is 0 Å². The average Bonchev–Trinajstić information content (AvgIpc) is 2.91. The quantitative estimate of drug-likeness (QED) is 0.451. The van der Waals surface area contributed by atoms with E-state index in [4.69, 9.17) is 14.7 Å². The van der Waals surface area contributed by atoms with Crippen molar-refractivity contribution in [3.05, 3.63) is 29.3 Å². The molecule has 1 amide bonds. The maximum absolute atomic E-state index is 11.6. The summed E-state index contributed by atoms with van der Waals surface area (Å²) in [5, 5.41) is 14.9. The Hall–Kier alpha value is -2.08. The normalized spacial score (nSPS) is 15.0. The molecule has 2 rings (SSSR count). The topological polar surface area (TPSA) is 80.2 Å². The highest BCUT2D eigenvalue weighted by atomic mass is 16.5. The van der Waals surface area contributed by atoms with Crippen molar-refractivity contribution in [2.45, 2.75) is 19.3 Å². The summed E-state index contributed by atoms with van der Waals surface area (Å²) in [6.07, 6.45) is 2.34. The van der Waals surface area contributed by atoms with Crippen molar-refractivity contribution in [2.24, 2.45) is 5.16 Å². The Morgan fingerprint density at radius 2 is 2.29 bits per heavy atom. The van der Waals surface area contributed by atoms with E-state index < -0.39 is 0 Å². The third-order valence-electron chi connectivity index (χ3n) is 3.36. The number of methoxy groups -OCH3 is 1. The minimum atomic E-state index is -0.149. The molecule has 6 nitrogen and oxygen atoms in total. The van der Waals surface area contributed by atoms with E-state index in [0.29, 0.717) is 24.6 Å². The summed E-state index contributed by atoms with van der Waals surface area (Å²) in [6, 6.07) is 5.54. The standard InChI is InChI=1S/C15H20N2O4/c1-20-8-2-7-16-15(18)10-21-12-4-5-13-11(9-12)3-6-14(13)17-19/h4-5,9,19H,2-3,6-8,10H2,1H3,(H,16,18)/b17-14+. The molecular formula is C15H20N2O4. The Morgan fingerprint density at radius 3 is 3.05 bits per heavy atom. The van der Waals surface area contributed by atoms with E-state index in [-0.39, 0.29) is 12.5 Å². The largest absolute Gasteiger partial charge is 0.484 e. The lowest BCUT2D eigenvalue weighted by Gasteiger charge is -2.08. The fourth-order valence-corrected chi connectivity index (χ4v) is 2.28. The van der Waals surface area contributed by atoms with Crippen LogP contribution in [-0.2, 0) is 16.0 Å². The van der Waals surface area contributed by atoms with Crippen LogP contribution in [0.3, 0.4) is 0 Å². The van der Waals surface area contributed by atoms with Crippen molar-refractivity contribution in [3.8, 4) is 5.75 Å². The summed E-state index contributed by atoms with van der Waals surface area (Å²) < 4.78 is 10.4. The molecule has 1 aliphatic carbocycles. The smallest absolute Gasteiger partial charge is 0.257 e. The Balaban J connectivity index is 1.80. The summed E-state index contributed by atoms with van der Waals surface area (Å²) >= 11 is 0. The van der Waals surface area contributed by atoms with Crippen LogP contribution in [0.4, 0.5) is 0 Å². The number of benzene rings is 1. The minimum absolute atomic E-state index is 0.00723. The van der Waals surface area contributed by atoms with Gasteiger partial charge in [-0.25, -0.2) is 0 Å². The van der Waals surface area contributed by atoms with Gasteiger partial charge in [-0.2, -0.15) is 0 Å². The van der Waals surface area contributed by atoms with E-state index >= 15 is 0 Å². The van der Waals surface area contributed by atoms with Crippen LogP contribution in [0.25, 0.3) is 0 Å². The number of nitrogens with zero attached hydrogens (tertiary/aromatic N) is 1. The number of hydrogen-bond donors (Lipinski definition) is 2. The van der Waals surface area contributed by atoms with E-state index in [2.05, 4.69) is 10.5 Å². The van der Waals surface area contributed by atoms with Crippen LogP contribution >= 0.6 is 0 Å². The number of carbonyl (C=O) groups excluding carboxylic acids is 1. The molecule has 0 spiro atoms. The van der Waals surface area contributed by atoms with Crippen LogP contribution in [0.5, 0.6) is 5.75 Å². The van der Waals surface area contributed by atoms with E-state index in [9.17, 15) is 4.79 Å². The van der Waals surface area contributed by atoms with Gasteiger partial charge >= 0.3 is 0 Å². The van der Waals surface area contributed by atoms with Crippen LogP contribution in [0.15, 0.2) is 23.4 Å². The molecule has 0 saturated heterocycles. The molecule has 0 heterocycles. The summed E-state index contributed by atoms with van der Waals surface area (Å²) in [5.41, 5.74) is 2.74. The maximum Gasteiger partial charge on any atom is 0.257 e. The molecule has 1 aliphatic rings. The Kier molecular flexibility index (Phi) is 5.57. The van der Waals surface area contributed by atoms with Gasteiger partial charge in [0.2, 0.25) is 0 Å². The zero-order valence-electron chi connectivity index (χ0n) is 12.1. The Morgan fingerprint density at radius 1 is 1.43 bits per heavy atom. The van der Waals surface area contributed by atoms with Crippen LogP contribution in [0, 0.1) is 0 Å². The first-order valence-electron chi connectivity index (χ1n) is 6.97. The van der Waals surface area contributed by atoms with E-state index in [1.165, 1.54) is 0 Å². The summed E-state index contributed by atoms with van der Waals surface area (Å²) in [5.74, 6) is 0.504. The fourth-order valence-electron chi connectivity index (χ4n) is 2.28. The lowest BCUT2D eigenvalue weighted by molar-refractivity contribution is -0.123. The number of nitrogens with one attached hydrogen (secondary N) is 1. The molecule has 0 unspecified atom stereocenters. The van der Waals surface area contributed by atoms with Gasteiger partial charge in [0.15, 0.2) is 6.61 Å². The maximum atomic E-state index is 11.6. The van der Waals surface area contributed by atoms with Crippen molar-refractivity contribution < 1.29 is 19.5 Å². The number of oxime groups is 1. The number of carbonyl (C=O) groups is 1. The van der Waals surface area contributed by atoms with Crippen molar-refractivity contribution >= 4 is 11.6 Å².